The zero-order valence-electron chi connectivity index (χ0n) is 17.3. The molecule has 0 fully saturated rings. The topological polar surface area (TPSA) is 95.7 Å². The van der Waals surface area contributed by atoms with Gasteiger partial charge in [-0.15, -0.1) is 0 Å². The van der Waals surface area contributed by atoms with Crippen molar-refractivity contribution in [2.24, 2.45) is 5.73 Å². The molecular formula is C23H28N4O3. The van der Waals surface area contributed by atoms with Gasteiger partial charge in [-0.2, -0.15) is 0 Å². The summed E-state index contributed by atoms with van der Waals surface area (Å²) in [6, 6.07) is 14.5. The average Bonchev–Trinajstić information content (AvgIpc) is 3.18. The fourth-order valence-electron chi connectivity index (χ4n) is 3.62. The van der Waals surface area contributed by atoms with E-state index in [2.05, 4.69) is 16.3 Å². The predicted octanol–water partition coefficient (Wildman–Crippen LogP) is 2.42. The van der Waals surface area contributed by atoms with Crippen molar-refractivity contribution in [2.75, 3.05) is 36.4 Å². The minimum Gasteiger partial charge on any atom is -0.366 e. The molecule has 1 aliphatic rings. The number of primary amides is 1. The molecule has 0 atom stereocenters. The van der Waals surface area contributed by atoms with Crippen LogP contribution in [0.2, 0.25) is 0 Å². The Bertz CT molecular complexity index is 911. The van der Waals surface area contributed by atoms with Crippen molar-refractivity contribution in [1.29, 1.82) is 0 Å². The van der Waals surface area contributed by atoms with Crippen LogP contribution in [0.1, 0.15) is 35.7 Å². The van der Waals surface area contributed by atoms with Crippen LogP contribution < -0.4 is 16.0 Å². The van der Waals surface area contributed by atoms with Gasteiger partial charge in [0.2, 0.25) is 17.7 Å². The van der Waals surface area contributed by atoms with E-state index >= 15 is 0 Å². The highest BCUT2D eigenvalue weighted by molar-refractivity contribution is 5.96. The lowest BCUT2D eigenvalue weighted by molar-refractivity contribution is -0.118. The molecule has 0 saturated carbocycles. The summed E-state index contributed by atoms with van der Waals surface area (Å²) < 4.78 is 0. The number of amides is 3. The number of nitrogens with one attached hydrogen (secondary N) is 1. The van der Waals surface area contributed by atoms with Gasteiger partial charge in [0.25, 0.3) is 0 Å². The molecule has 0 saturated heterocycles. The minimum absolute atomic E-state index is 0.111. The van der Waals surface area contributed by atoms with Gasteiger partial charge in [-0.1, -0.05) is 25.1 Å². The third-order valence-corrected chi connectivity index (χ3v) is 5.39. The van der Waals surface area contributed by atoms with Crippen LogP contribution in [0.25, 0.3) is 0 Å². The van der Waals surface area contributed by atoms with Crippen molar-refractivity contribution in [3.63, 3.8) is 0 Å². The maximum absolute atomic E-state index is 12.7. The molecular weight excluding hydrogens is 380 g/mol. The predicted molar refractivity (Wildman–Crippen MR) is 117 cm³/mol. The number of benzene rings is 2. The zero-order chi connectivity index (χ0) is 21.5. The van der Waals surface area contributed by atoms with Gasteiger partial charge in [0.1, 0.15) is 0 Å². The highest BCUT2D eigenvalue weighted by Gasteiger charge is 2.24. The Kier molecular flexibility index (Phi) is 7.19. The van der Waals surface area contributed by atoms with E-state index in [1.807, 2.05) is 30.0 Å². The van der Waals surface area contributed by atoms with Gasteiger partial charge >= 0.3 is 0 Å². The number of nitrogens with two attached hydrogens (primary N) is 1. The van der Waals surface area contributed by atoms with Crippen LogP contribution in [0.5, 0.6) is 0 Å². The second-order valence-electron chi connectivity index (χ2n) is 7.35. The molecule has 0 radical (unpaired) electrons. The average molecular weight is 409 g/mol. The molecule has 1 heterocycles. The summed E-state index contributed by atoms with van der Waals surface area (Å²) in [4.78, 5) is 40.0. The van der Waals surface area contributed by atoms with Crippen LogP contribution >= 0.6 is 0 Å². The van der Waals surface area contributed by atoms with Crippen molar-refractivity contribution in [1.82, 2.24) is 4.90 Å². The van der Waals surface area contributed by atoms with Crippen LogP contribution in [0.15, 0.2) is 48.5 Å². The number of para-hydroxylation sites is 1. The van der Waals surface area contributed by atoms with E-state index in [-0.39, 0.29) is 11.8 Å². The number of nitrogens with zero attached hydrogens (tertiary/aromatic N) is 2. The van der Waals surface area contributed by atoms with E-state index in [4.69, 9.17) is 5.73 Å². The molecule has 0 unspecified atom stereocenters. The fourth-order valence-corrected chi connectivity index (χ4v) is 3.62. The third kappa shape index (κ3) is 5.45. The van der Waals surface area contributed by atoms with Gasteiger partial charge in [-0.05, 0) is 48.9 Å². The molecule has 2 aromatic carbocycles. The Hall–Kier alpha value is -3.19. The zero-order valence-corrected chi connectivity index (χ0v) is 17.3. The first-order valence-electron chi connectivity index (χ1n) is 10.3. The first-order valence-corrected chi connectivity index (χ1v) is 10.3. The summed E-state index contributed by atoms with van der Waals surface area (Å²) in [6.45, 7) is 4.72. The molecule has 3 N–H and O–H groups in total. The summed E-state index contributed by atoms with van der Waals surface area (Å²) in [6.07, 6.45) is 1.66. The lowest BCUT2D eigenvalue weighted by Crippen LogP contribution is -2.34. The van der Waals surface area contributed by atoms with Gasteiger partial charge in [0.15, 0.2) is 0 Å². The van der Waals surface area contributed by atoms with Crippen molar-refractivity contribution in [3.05, 3.63) is 59.7 Å². The number of fused-ring (bicyclic) bond motifs is 1. The number of rotatable bonds is 9. The molecule has 3 amide bonds. The van der Waals surface area contributed by atoms with Crippen LogP contribution in [-0.2, 0) is 16.0 Å². The molecule has 7 heteroatoms. The maximum Gasteiger partial charge on any atom is 0.248 e. The quantitative estimate of drug-likeness (QED) is 0.666. The van der Waals surface area contributed by atoms with Gasteiger partial charge < -0.3 is 20.9 Å². The van der Waals surface area contributed by atoms with Crippen molar-refractivity contribution >= 4 is 29.1 Å². The smallest absolute Gasteiger partial charge is 0.248 e. The Labute approximate surface area is 176 Å². The first-order chi connectivity index (χ1) is 14.5. The molecule has 2 aromatic rings. The Morgan fingerprint density at radius 2 is 1.73 bits per heavy atom. The standard InChI is InChI=1S/C23H28N4O3/c1-2-26(14-12-21(28)25-19-9-7-18(8-10-19)23(24)30)15-13-22(29)27-16-11-17-5-3-4-6-20(17)27/h3-10H,2,11-16H2,1H3,(H2,24,30)(H,25,28). The van der Waals surface area contributed by atoms with Crippen molar-refractivity contribution in [3.8, 4) is 0 Å². The second kappa shape index (κ2) is 10.0. The molecule has 3 rings (SSSR count). The fraction of sp³-hybridized carbons (Fsp3) is 0.348. The summed E-state index contributed by atoms with van der Waals surface area (Å²) in [7, 11) is 0. The normalized spacial score (nSPS) is 12.7. The Morgan fingerprint density at radius 3 is 2.43 bits per heavy atom. The van der Waals surface area contributed by atoms with E-state index in [9.17, 15) is 14.4 Å². The largest absolute Gasteiger partial charge is 0.366 e. The highest BCUT2D eigenvalue weighted by Crippen LogP contribution is 2.27. The van der Waals surface area contributed by atoms with Crippen LogP contribution in [-0.4, -0.2) is 48.8 Å². The van der Waals surface area contributed by atoms with Crippen LogP contribution in [0.3, 0.4) is 0 Å². The van der Waals surface area contributed by atoms with E-state index < -0.39 is 5.91 Å². The summed E-state index contributed by atoms with van der Waals surface area (Å²) >= 11 is 0. The Balaban J connectivity index is 1.43. The number of carbonyl (C=O) groups is 3. The summed E-state index contributed by atoms with van der Waals surface area (Å²) in [5.74, 6) is -0.490. The lowest BCUT2D eigenvalue weighted by atomic mass is 10.2. The number of hydrogen-bond acceptors (Lipinski definition) is 4. The summed E-state index contributed by atoms with van der Waals surface area (Å²) in [5, 5.41) is 2.82. The van der Waals surface area contributed by atoms with E-state index in [0.29, 0.717) is 37.2 Å². The molecule has 30 heavy (non-hydrogen) atoms. The van der Waals surface area contributed by atoms with Gasteiger partial charge in [0.05, 0.1) is 0 Å². The molecule has 0 aromatic heterocycles. The van der Waals surface area contributed by atoms with E-state index in [1.165, 1.54) is 5.56 Å². The van der Waals surface area contributed by atoms with Crippen molar-refractivity contribution in [2.45, 2.75) is 26.2 Å². The molecule has 0 bridgehead atoms. The number of carbonyl (C=O) groups excluding carboxylic acids is 3. The lowest BCUT2D eigenvalue weighted by Gasteiger charge is -2.22. The third-order valence-electron chi connectivity index (χ3n) is 5.39. The molecule has 158 valence electrons. The Morgan fingerprint density at radius 1 is 1.03 bits per heavy atom. The number of anilines is 2. The molecule has 1 aliphatic heterocycles. The molecule has 7 nitrogen and oxygen atoms in total. The first kappa shape index (κ1) is 21.5. The molecule has 0 aliphatic carbocycles. The van der Waals surface area contributed by atoms with E-state index in [1.54, 1.807) is 24.3 Å². The number of hydrogen-bond donors (Lipinski definition) is 2. The highest BCUT2D eigenvalue weighted by atomic mass is 16.2. The van der Waals surface area contributed by atoms with Crippen LogP contribution in [0, 0.1) is 0 Å². The second-order valence-corrected chi connectivity index (χ2v) is 7.35. The van der Waals surface area contributed by atoms with Crippen LogP contribution in [0.4, 0.5) is 11.4 Å². The van der Waals surface area contributed by atoms with Gasteiger partial charge in [-0.25, -0.2) is 0 Å². The molecule has 0 spiro atoms. The monoisotopic (exact) mass is 408 g/mol. The summed E-state index contributed by atoms with van der Waals surface area (Å²) in [5.41, 5.74) is 8.48. The maximum atomic E-state index is 12.7. The van der Waals surface area contributed by atoms with Gasteiger partial charge in [-0.3, -0.25) is 14.4 Å². The van der Waals surface area contributed by atoms with Gasteiger partial charge in [0, 0.05) is 49.4 Å². The SMILES string of the molecule is CCN(CCC(=O)Nc1ccc(C(N)=O)cc1)CCC(=O)N1CCc2ccccc21. The minimum atomic E-state index is -0.501. The van der Waals surface area contributed by atoms with E-state index in [0.717, 1.165) is 25.2 Å². The van der Waals surface area contributed by atoms with Crippen molar-refractivity contribution < 1.29 is 14.4 Å².